The molecule has 1 fully saturated rings. The minimum Gasteiger partial charge on any atom is -0.383 e. The fraction of sp³-hybridized carbons (Fsp3) is 0.909. The Morgan fingerprint density at radius 1 is 1.47 bits per heavy atom. The van der Waals surface area contributed by atoms with Gasteiger partial charge in [-0.05, 0) is 25.7 Å². The largest absolute Gasteiger partial charge is 0.383 e. The molecule has 0 spiro atoms. The minimum atomic E-state index is 0.104. The molecule has 0 radical (unpaired) electrons. The van der Waals surface area contributed by atoms with Gasteiger partial charge in [0.2, 0.25) is 5.91 Å². The molecular formula is C11H22N2O2. The Hall–Kier alpha value is -0.610. The van der Waals surface area contributed by atoms with E-state index >= 15 is 0 Å². The lowest BCUT2D eigenvalue weighted by Crippen LogP contribution is -2.55. The van der Waals surface area contributed by atoms with Gasteiger partial charge in [0, 0.05) is 19.2 Å². The molecule has 88 valence electrons. The number of ether oxygens (including phenoxy) is 1. The molecule has 2 N–H and O–H groups in total. The third-order valence-corrected chi connectivity index (χ3v) is 3.16. The summed E-state index contributed by atoms with van der Waals surface area (Å²) in [5, 5.41) is 6.16. The summed E-state index contributed by atoms with van der Waals surface area (Å²) in [5.74, 6) is 0.104. The third-order valence-electron chi connectivity index (χ3n) is 3.16. The molecule has 1 aliphatic carbocycles. The predicted molar refractivity (Wildman–Crippen MR) is 59.8 cm³/mol. The molecule has 1 aliphatic rings. The summed E-state index contributed by atoms with van der Waals surface area (Å²) in [6.45, 7) is 3.90. The predicted octanol–water partition coefficient (Wildman–Crippen LogP) is 0.671. The summed E-state index contributed by atoms with van der Waals surface area (Å²) in [5.41, 5.74) is 0.111. The van der Waals surface area contributed by atoms with Crippen molar-refractivity contribution in [3.63, 3.8) is 0 Å². The second kappa shape index (κ2) is 6.08. The van der Waals surface area contributed by atoms with Crippen LogP contribution < -0.4 is 10.6 Å². The number of methoxy groups -OCH3 is 1. The number of rotatable bonds is 7. The lowest BCUT2D eigenvalue weighted by atomic mass is 9.75. The molecule has 0 bridgehead atoms. The van der Waals surface area contributed by atoms with Gasteiger partial charge in [0.15, 0.2) is 0 Å². The maximum absolute atomic E-state index is 11.6. The Morgan fingerprint density at radius 2 is 2.20 bits per heavy atom. The van der Waals surface area contributed by atoms with Crippen LogP contribution in [0.3, 0.4) is 0 Å². The molecule has 0 unspecified atom stereocenters. The van der Waals surface area contributed by atoms with E-state index in [-0.39, 0.29) is 11.4 Å². The number of carbonyl (C=O) groups is 1. The average molecular weight is 214 g/mol. The quantitative estimate of drug-likeness (QED) is 0.612. The van der Waals surface area contributed by atoms with E-state index in [2.05, 4.69) is 17.6 Å². The normalized spacial score (nSPS) is 18.3. The second-order valence-electron chi connectivity index (χ2n) is 4.21. The van der Waals surface area contributed by atoms with Gasteiger partial charge in [-0.15, -0.1) is 0 Å². The Bertz CT molecular complexity index is 197. The highest BCUT2D eigenvalue weighted by molar-refractivity contribution is 5.79. The van der Waals surface area contributed by atoms with E-state index in [1.165, 1.54) is 6.42 Å². The van der Waals surface area contributed by atoms with Gasteiger partial charge in [0.25, 0.3) is 0 Å². The first kappa shape index (κ1) is 12.5. The molecular weight excluding hydrogens is 192 g/mol. The van der Waals surface area contributed by atoms with Crippen LogP contribution in [0.4, 0.5) is 0 Å². The van der Waals surface area contributed by atoms with E-state index in [4.69, 9.17) is 4.74 Å². The van der Waals surface area contributed by atoms with Crippen LogP contribution in [0.25, 0.3) is 0 Å². The van der Waals surface area contributed by atoms with Crippen molar-refractivity contribution >= 4 is 5.91 Å². The lowest BCUT2D eigenvalue weighted by Gasteiger charge is -2.42. The van der Waals surface area contributed by atoms with E-state index in [0.717, 1.165) is 25.8 Å². The highest BCUT2D eigenvalue weighted by atomic mass is 16.5. The average Bonchev–Trinajstić information content (AvgIpc) is 2.18. The van der Waals surface area contributed by atoms with Gasteiger partial charge >= 0.3 is 0 Å². The summed E-state index contributed by atoms with van der Waals surface area (Å²) >= 11 is 0. The smallest absolute Gasteiger partial charge is 0.234 e. The minimum absolute atomic E-state index is 0.104. The molecule has 15 heavy (non-hydrogen) atoms. The highest BCUT2D eigenvalue weighted by Crippen LogP contribution is 2.34. The van der Waals surface area contributed by atoms with Crippen LogP contribution in [-0.2, 0) is 9.53 Å². The Balaban J connectivity index is 2.12. The Labute approximate surface area is 91.8 Å². The van der Waals surface area contributed by atoms with Crippen LogP contribution in [0.2, 0.25) is 0 Å². The fourth-order valence-corrected chi connectivity index (χ4v) is 1.89. The highest BCUT2D eigenvalue weighted by Gasteiger charge is 2.35. The molecule has 0 saturated heterocycles. The van der Waals surface area contributed by atoms with Crippen LogP contribution in [0, 0.1) is 0 Å². The number of amides is 1. The topological polar surface area (TPSA) is 50.4 Å². The van der Waals surface area contributed by atoms with Gasteiger partial charge in [-0.1, -0.05) is 6.92 Å². The van der Waals surface area contributed by atoms with Crippen molar-refractivity contribution in [1.29, 1.82) is 0 Å². The van der Waals surface area contributed by atoms with Crippen LogP contribution in [-0.4, -0.2) is 38.3 Å². The van der Waals surface area contributed by atoms with Crippen LogP contribution >= 0.6 is 0 Å². The summed E-state index contributed by atoms with van der Waals surface area (Å²) in [4.78, 5) is 11.6. The molecule has 4 heteroatoms. The zero-order valence-electron chi connectivity index (χ0n) is 9.77. The summed E-state index contributed by atoms with van der Waals surface area (Å²) < 4.78 is 4.88. The van der Waals surface area contributed by atoms with E-state index in [0.29, 0.717) is 13.2 Å². The monoisotopic (exact) mass is 214 g/mol. The van der Waals surface area contributed by atoms with E-state index in [1.807, 2.05) is 0 Å². The molecule has 0 aliphatic heterocycles. The van der Waals surface area contributed by atoms with Crippen molar-refractivity contribution in [2.45, 2.75) is 38.1 Å². The van der Waals surface area contributed by atoms with Crippen LogP contribution in [0.15, 0.2) is 0 Å². The van der Waals surface area contributed by atoms with Gasteiger partial charge in [0.05, 0.1) is 13.2 Å². The molecule has 1 saturated carbocycles. The fourth-order valence-electron chi connectivity index (χ4n) is 1.89. The van der Waals surface area contributed by atoms with Crippen molar-refractivity contribution < 1.29 is 9.53 Å². The van der Waals surface area contributed by atoms with Gasteiger partial charge in [-0.2, -0.15) is 0 Å². The lowest BCUT2D eigenvalue weighted by molar-refractivity contribution is -0.123. The molecule has 0 aromatic heterocycles. The van der Waals surface area contributed by atoms with Crippen molar-refractivity contribution in [3.8, 4) is 0 Å². The molecule has 1 amide bonds. The summed E-state index contributed by atoms with van der Waals surface area (Å²) in [6, 6.07) is 0. The van der Waals surface area contributed by atoms with Gasteiger partial charge in [-0.25, -0.2) is 0 Å². The Morgan fingerprint density at radius 3 is 2.67 bits per heavy atom. The molecule has 0 aromatic carbocycles. The van der Waals surface area contributed by atoms with E-state index in [1.54, 1.807) is 7.11 Å². The first-order valence-electron chi connectivity index (χ1n) is 5.73. The first-order chi connectivity index (χ1) is 7.22. The van der Waals surface area contributed by atoms with Gasteiger partial charge < -0.3 is 15.4 Å². The molecule has 0 atom stereocenters. The molecule has 4 nitrogen and oxygen atoms in total. The third kappa shape index (κ3) is 3.80. The van der Waals surface area contributed by atoms with Gasteiger partial charge in [0.1, 0.15) is 0 Å². The zero-order valence-corrected chi connectivity index (χ0v) is 9.77. The maximum Gasteiger partial charge on any atom is 0.234 e. The van der Waals surface area contributed by atoms with E-state index in [9.17, 15) is 4.79 Å². The van der Waals surface area contributed by atoms with Crippen molar-refractivity contribution in [3.05, 3.63) is 0 Å². The number of hydrogen-bond donors (Lipinski definition) is 2. The SMILES string of the molecule is CCC1(NC(=O)CNCCOC)CCC1. The van der Waals surface area contributed by atoms with Crippen molar-refractivity contribution in [1.82, 2.24) is 10.6 Å². The van der Waals surface area contributed by atoms with E-state index < -0.39 is 0 Å². The zero-order chi connectivity index (χ0) is 11.1. The molecule has 0 heterocycles. The number of hydrogen-bond acceptors (Lipinski definition) is 3. The standard InChI is InChI=1S/C11H22N2O2/c1-3-11(5-4-6-11)13-10(14)9-12-7-8-15-2/h12H,3-9H2,1-2H3,(H,13,14). The number of carbonyl (C=O) groups excluding carboxylic acids is 1. The summed E-state index contributed by atoms with van der Waals surface area (Å²) in [7, 11) is 1.65. The van der Waals surface area contributed by atoms with Crippen LogP contribution in [0.5, 0.6) is 0 Å². The molecule has 0 aromatic rings. The Kier molecular flexibility index (Phi) is 5.05. The van der Waals surface area contributed by atoms with Crippen LogP contribution in [0.1, 0.15) is 32.6 Å². The summed E-state index contributed by atoms with van der Waals surface area (Å²) in [6.07, 6.45) is 4.54. The number of nitrogens with one attached hydrogen (secondary N) is 2. The second-order valence-corrected chi connectivity index (χ2v) is 4.21. The van der Waals surface area contributed by atoms with Gasteiger partial charge in [-0.3, -0.25) is 4.79 Å². The maximum atomic E-state index is 11.6. The van der Waals surface area contributed by atoms with Crippen molar-refractivity contribution in [2.75, 3.05) is 26.8 Å². The van der Waals surface area contributed by atoms with Crippen molar-refractivity contribution in [2.24, 2.45) is 0 Å². The molecule has 1 rings (SSSR count). The first-order valence-corrected chi connectivity index (χ1v) is 5.73.